The van der Waals surface area contributed by atoms with Gasteiger partial charge < -0.3 is 27.9 Å². The number of hydrogen-bond acceptors (Lipinski definition) is 8. The SMILES string of the molecule is CC/C=C\C/C=C\C/C=C\C/C=C\C/C=C\C/C=C\C/C=C\C/C=C\C/C=C\C/C=C\C/C=C\CCCCCCCCCC(=O)OC(COC(=O)CCCCCCCCCCCCCCCCCCCCCCCCC/C=C\CCCCCCCCCC)COP(=O)([O-])OCC[N+](C)(C)C. The standard InChI is InChI=1S/C90H156NO8P/c1-6-8-10-12-14-16-18-20-22-24-26-28-30-32-34-36-38-40-42-43-44-45-46-47-49-51-53-55-57-59-61-63-65-67-69-71-73-75-77-79-81-83-90(93)99-88(87-98-100(94,95)97-85-84-91(3,4)5)86-96-89(92)82-80-78-76-74-72-70-68-66-64-62-60-58-56-54-52-50-48-41-39-37-35-33-31-29-27-25-23-21-19-17-15-13-11-9-7-2/h8,10,14,16,20,22,25-28,32,34,38,40,43-44,46-47,51,53,57,59,63,65,88H,6-7,9,11-13,15,17-19,21,23-24,29-31,33,35-37,39,41-42,45,48-50,52,54-56,58,60-62,64,66-87H2,1-5H3/b10-8-,16-14-,22-20-,27-25-,28-26-,34-32-,40-38-,44-43-,47-46-,53-51-,59-57-,65-63-. The maximum Gasteiger partial charge on any atom is 0.306 e. The molecule has 2 unspecified atom stereocenters. The normalized spacial score (nSPS) is 13.8. The van der Waals surface area contributed by atoms with Crippen LogP contribution in [0.1, 0.15) is 361 Å². The second kappa shape index (κ2) is 79.0. The van der Waals surface area contributed by atoms with Crippen LogP contribution in [0.3, 0.4) is 0 Å². The fourth-order valence-electron chi connectivity index (χ4n) is 11.5. The molecule has 0 aromatic carbocycles. The molecule has 0 amide bonds. The molecular formula is C90H156NO8P. The van der Waals surface area contributed by atoms with Crippen LogP contribution in [0, 0.1) is 0 Å². The lowest BCUT2D eigenvalue weighted by atomic mass is 10.0. The molecule has 0 aliphatic carbocycles. The predicted octanol–water partition coefficient (Wildman–Crippen LogP) is 27.4. The van der Waals surface area contributed by atoms with Gasteiger partial charge in [0.15, 0.2) is 6.10 Å². The Kier molecular flexibility index (Phi) is 75.8. The number of hydrogen-bond donors (Lipinski definition) is 0. The molecule has 0 aliphatic rings. The van der Waals surface area contributed by atoms with Crippen LogP contribution in [0.15, 0.2) is 146 Å². The van der Waals surface area contributed by atoms with Gasteiger partial charge in [0.1, 0.15) is 19.8 Å². The number of quaternary nitrogens is 1. The topological polar surface area (TPSA) is 111 Å². The second-order valence-electron chi connectivity index (χ2n) is 28.8. The van der Waals surface area contributed by atoms with Crippen molar-refractivity contribution in [3.05, 3.63) is 146 Å². The Labute approximate surface area is 618 Å². The van der Waals surface area contributed by atoms with Crippen LogP contribution < -0.4 is 4.89 Å². The van der Waals surface area contributed by atoms with Crippen LogP contribution in [-0.4, -0.2) is 70.0 Å². The Morgan fingerprint density at radius 2 is 0.570 bits per heavy atom. The van der Waals surface area contributed by atoms with Crippen LogP contribution in [0.4, 0.5) is 0 Å². The highest BCUT2D eigenvalue weighted by Gasteiger charge is 2.22. The van der Waals surface area contributed by atoms with Crippen molar-refractivity contribution in [1.29, 1.82) is 0 Å². The van der Waals surface area contributed by atoms with Gasteiger partial charge in [0.05, 0.1) is 27.7 Å². The molecule has 0 radical (unpaired) electrons. The minimum Gasteiger partial charge on any atom is -0.756 e. The van der Waals surface area contributed by atoms with E-state index in [1.54, 1.807) is 0 Å². The number of phosphoric ester groups is 1. The van der Waals surface area contributed by atoms with Gasteiger partial charge in [-0.25, -0.2) is 0 Å². The van der Waals surface area contributed by atoms with Gasteiger partial charge >= 0.3 is 11.9 Å². The van der Waals surface area contributed by atoms with E-state index in [2.05, 4.69) is 160 Å². The fourth-order valence-corrected chi connectivity index (χ4v) is 12.3. The minimum absolute atomic E-state index is 0.0382. The number of esters is 2. The van der Waals surface area contributed by atoms with E-state index >= 15 is 0 Å². The molecule has 0 bridgehead atoms. The van der Waals surface area contributed by atoms with E-state index in [0.29, 0.717) is 17.4 Å². The van der Waals surface area contributed by atoms with E-state index in [-0.39, 0.29) is 32.0 Å². The first-order valence-corrected chi connectivity index (χ1v) is 43.0. The number of ether oxygens (including phenoxy) is 2. The first-order chi connectivity index (χ1) is 49.0. The molecule has 0 rings (SSSR count). The highest BCUT2D eigenvalue weighted by molar-refractivity contribution is 7.45. The van der Waals surface area contributed by atoms with Crippen molar-refractivity contribution < 1.29 is 42.1 Å². The van der Waals surface area contributed by atoms with Gasteiger partial charge in [0.25, 0.3) is 7.82 Å². The lowest BCUT2D eigenvalue weighted by Gasteiger charge is -2.28. The summed E-state index contributed by atoms with van der Waals surface area (Å²) in [6, 6.07) is 0. The quantitative estimate of drug-likeness (QED) is 0.0195. The van der Waals surface area contributed by atoms with E-state index in [9.17, 15) is 19.0 Å². The Balaban J connectivity index is 4.03. The van der Waals surface area contributed by atoms with Gasteiger partial charge in [0.2, 0.25) is 0 Å². The number of carbonyl (C=O) groups is 2. The van der Waals surface area contributed by atoms with Crippen molar-refractivity contribution in [3.63, 3.8) is 0 Å². The summed E-state index contributed by atoms with van der Waals surface area (Å²) in [6.45, 7) is 4.14. The summed E-state index contributed by atoms with van der Waals surface area (Å²) in [5, 5.41) is 0. The molecule has 0 saturated heterocycles. The van der Waals surface area contributed by atoms with Crippen molar-refractivity contribution in [1.82, 2.24) is 0 Å². The predicted molar refractivity (Wildman–Crippen MR) is 434 cm³/mol. The molecule has 574 valence electrons. The fraction of sp³-hybridized carbons (Fsp3) is 0.711. The third kappa shape index (κ3) is 82.8. The smallest absolute Gasteiger partial charge is 0.306 e. The molecule has 0 aromatic rings. The Morgan fingerprint density at radius 1 is 0.320 bits per heavy atom. The molecule has 0 spiro atoms. The summed E-state index contributed by atoms with van der Waals surface area (Å²) in [4.78, 5) is 38.2. The zero-order valence-corrected chi connectivity index (χ0v) is 66.5. The van der Waals surface area contributed by atoms with Crippen LogP contribution in [0.5, 0.6) is 0 Å². The van der Waals surface area contributed by atoms with Crippen molar-refractivity contribution in [2.75, 3.05) is 47.5 Å². The molecular weight excluding hydrogens is 1250 g/mol. The minimum atomic E-state index is -4.66. The number of nitrogens with zero attached hydrogens (tertiary/aromatic N) is 1. The summed E-state index contributed by atoms with van der Waals surface area (Å²) >= 11 is 0. The average molecular weight is 1410 g/mol. The molecule has 0 heterocycles. The highest BCUT2D eigenvalue weighted by atomic mass is 31.2. The molecule has 100 heavy (non-hydrogen) atoms. The lowest BCUT2D eigenvalue weighted by Crippen LogP contribution is -2.37. The third-order valence-corrected chi connectivity index (χ3v) is 18.8. The molecule has 2 atom stereocenters. The van der Waals surface area contributed by atoms with Crippen molar-refractivity contribution in [3.8, 4) is 0 Å². The van der Waals surface area contributed by atoms with Crippen LogP contribution >= 0.6 is 7.82 Å². The van der Waals surface area contributed by atoms with E-state index < -0.39 is 26.5 Å². The second-order valence-corrected chi connectivity index (χ2v) is 30.2. The number of carbonyl (C=O) groups excluding carboxylic acids is 2. The maximum absolute atomic E-state index is 12.9. The summed E-state index contributed by atoms with van der Waals surface area (Å²) in [7, 11) is 1.15. The number of rotatable bonds is 76. The molecule has 0 N–H and O–H groups in total. The Morgan fingerprint density at radius 3 is 0.860 bits per heavy atom. The van der Waals surface area contributed by atoms with E-state index in [0.717, 1.165) is 122 Å². The number of phosphoric acid groups is 1. The summed E-state index contributed by atoms with van der Waals surface area (Å²) in [5.74, 6) is -0.841. The largest absolute Gasteiger partial charge is 0.756 e. The zero-order chi connectivity index (χ0) is 72.5. The maximum atomic E-state index is 12.9. The first kappa shape index (κ1) is 95.9. The van der Waals surface area contributed by atoms with Gasteiger partial charge in [-0.2, -0.15) is 0 Å². The lowest BCUT2D eigenvalue weighted by molar-refractivity contribution is -0.870. The molecule has 0 aliphatic heterocycles. The van der Waals surface area contributed by atoms with Crippen molar-refractivity contribution in [2.24, 2.45) is 0 Å². The molecule has 0 saturated carbocycles. The van der Waals surface area contributed by atoms with E-state index in [4.69, 9.17) is 18.5 Å². The van der Waals surface area contributed by atoms with Gasteiger partial charge in [0, 0.05) is 12.8 Å². The summed E-state index contributed by atoms with van der Waals surface area (Å²) in [5.41, 5.74) is 0. The van der Waals surface area contributed by atoms with Crippen molar-refractivity contribution >= 4 is 19.8 Å². The number of likely N-dealkylation sites (N-methyl/N-ethyl adjacent to an activating group) is 1. The van der Waals surface area contributed by atoms with E-state index in [1.807, 2.05) is 21.1 Å². The van der Waals surface area contributed by atoms with Crippen LogP contribution in [0.2, 0.25) is 0 Å². The number of allylic oxidation sites excluding steroid dienone is 24. The third-order valence-electron chi connectivity index (χ3n) is 17.8. The number of unbranched alkanes of at least 4 members (excludes halogenated alkanes) is 38. The molecule has 10 heteroatoms. The molecule has 9 nitrogen and oxygen atoms in total. The van der Waals surface area contributed by atoms with Crippen LogP contribution in [-0.2, 0) is 32.7 Å². The molecule has 0 aromatic heterocycles. The molecule has 0 fully saturated rings. The summed E-state index contributed by atoms with van der Waals surface area (Å²) < 4.78 is 34.4. The average Bonchev–Trinajstić information content (AvgIpc) is 1.30. The van der Waals surface area contributed by atoms with Crippen molar-refractivity contribution in [2.45, 2.75) is 367 Å². The van der Waals surface area contributed by atoms with Gasteiger partial charge in [-0.1, -0.05) is 372 Å². The van der Waals surface area contributed by atoms with Gasteiger partial charge in [-0.3, -0.25) is 14.2 Å². The highest BCUT2D eigenvalue weighted by Crippen LogP contribution is 2.38. The Bertz CT molecular complexity index is 2210. The summed E-state index contributed by atoms with van der Waals surface area (Å²) in [6.07, 6.45) is 117. The van der Waals surface area contributed by atoms with Gasteiger partial charge in [-0.15, -0.1) is 0 Å². The van der Waals surface area contributed by atoms with E-state index in [1.165, 1.54) is 205 Å². The Hall–Kier alpha value is -4.11. The van der Waals surface area contributed by atoms with Crippen LogP contribution in [0.25, 0.3) is 0 Å². The zero-order valence-electron chi connectivity index (χ0n) is 65.6. The van der Waals surface area contributed by atoms with Gasteiger partial charge in [-0.05, 0) is 122 Å². The first-order valence-electron chi connectivity index (χ1n) is 41.5. The monoisotopic (exact) mass is 1410 g/mol.